The van der Waals surface area contributed by atoms with Gasteiger partial charge in [-0.1, -0.05) is 11.6 Å². The topological polar surface area (TPSA) is 93.1 Å². The van der Waals surface area contributed by atoms with Crippen molar-refractivity contribution in [1.82, 2.24) is 0 Å². The van der Waals surface area contributed by atoms with E-state index in [2.05, 4.69) is 0 Å². The number of hydrogen-bond donors (Lipinski definition) is 2. The van der Waals surface area contributed by atoms with E-state index in [1.165, 1.54) is 18.2 Å². The fourth-order valence-corrected chi connectivity index (χ4v) is 8.36. The van der Waals surface area contributed by atoms with Crippen LogP contribution in [0.1, 0.15) is 60.3 Å². The summed E-state index contributed by atoms with van der Waals surface area (Å²) in [6.07, 6.45) is 2.17. The zero-order valence-electron chi connectivity index (χ0n) is 20.9. The fourth-order valence-electron chi connectivity index (χ4n) is 8.36. The third-order valence-corrected chi connectivity index (χ3v) is 9.55. The van der Waals surface area contributed by atoms with Crippen LogP contribution in [-0.2, 0) is 19.1 Å². The third kappa shape index (κ3) is 2.77. The molecule has 0 radical (unpaired) electrons. The van der Waals surface area contributed by atoms with Crippen LogP contribution >= 0.6 is 0 Å². The summed E-state index contributed by atoms with van der Waals surface area (Å²) >= 11 is 0. The van der Waals surface area contributed by atoms with E-state index in [-0.39, 0.29) is 18.6 Å². The molecule has 1 unspecified atom stereocenters. The first-order valence-electron chi connectivity index (χ1n) is 12.4. The van der Waals surface area contributed by atoms with Crippen molar-refractivity contribution < 1.29 is 38.1 Å². The van der Waals surface area contributed by atoms with E-state index in [0.29, 0.717) is 17.6 Å². The Morgan fingerprint density at radius 2 is 1.91 bits per heavy atom. The van der Waals surface area contributed by atoms with Crippen molar-refractivity contribution in [2.45, 2.75) is 89.6 Å². The molecule has 0 aromatic heterocycles. The van der Waals surface area contributed by atoms with Crippen molar-refractivity contribution in [2.75, 3.05) is 6.61 Å². The Morgan fingerprint density at radius 3 is 2.54 bits per heavy atom. The molecule has 5 aliphatic rings. The van der Waals surface area contributed by atoms with Gasteiger partial charge in [0.15, 0.2) is 28.6 Å². The second-order valence-electron chi connectivity index (χ2n) is 11.8. The molecular formula is C27H34F2O6. The Kier molecular flexibility index (Phi) is 5.27. The SMILES string of the molecule is CC(C)=C(F)[C@]12C[C@H](O)C3(F)[C@@H](CCC4=CC(=O)C=C[C@@]43C)[C@@H]1C[C@H]1OC(C)(C)O[C@]12C(=O)CO. The lowest BCUT2D eigenvalue weighted by molar-refractivity contribution is -0.245. The van der Waals surface area contributed by atoms with Crippen LogP contribution in [-0.4, -0.2) is 57.7 Å². The number of alkyl halides is 1. The van der Waals surface area contributed by atoms with Crippen molar-refractivity contribution in [3.05, 3.63) is 35.2 Å². The molecule has 3 saturated carbocycles. The average molecular weight is 493 g/mol. The number of aliphatic hydroxyl groups is 2. The van der Waals surface area contributed by atoms with Crippen LogP contribution in [0.15, 0.2) is 35.2 Å². The first-order valence-corrected chi connectivity index (χ1v) is 12.4. The highest BCUT2D eigenvalue weighted by atomic mass is 19.1. The lowest BCUT2D eigenvalue weighted by Crippen LogP contribution is -2.71. The lowest BCUT2D eigenvalue weighted by Gasteiger charge is -2.63. The molecule has 4 aliphatic carbocycles. The number of ketones is 2. The van der Waals surface area contributed by atoms with E-state index in [4.69, 9.17) is 9.47 Å². The summed E-state index contributed by atoms with van der Waals surface area (Å²) in [4.78, 5) is 25.5. The molecule has 2 N–H and O–H groups in total. The molecule has 6 nitrogen and oxygen atoms in total. The van der Waals surface area contributed by atoms with Crippen molar-refractivity contribution in [3.8, 4) is 0 Å². The van der Waals surface area contributed by atoms with Crippen molar-refractivity contribution in [3.63, 3.8) is 0 Å². The molecule has 0 bridgehead atoms. The van der Waals surface area contributed by atoms with E-state index in [1.807, 2.05) is 0 Å². The Morgan fingerprint density at radius 1 is 1.23 bits per heavy atom. The summed E-state index contributed by atoms with van der Waals surface area (Å²) in [5.74, 6) is -4.36. The molecule has 0 aromatic carbocycles. The number of carbonyl (C=O) groups is 2. The number of hydrogen-bond acceptors (Lipinski definition) is 6. The van der Waals surface area contributed by atoms with Crippen molar-refractivity contribution in [1.29, 1.82) is 0 Å². The van der Waals surface area contributed by atoms with Gasteiger partial charge in [-0.15, -0.1) is 0 Å². The maximum absolute atomic E-state index is 17.5. The number of Topliss-reactive ketones (excluding diaryl/α,β-unsaturated/α-hetero) is 1. The number of halogens is 2. The molecule has 0 amide bonds. The van der Waals surface area contributed by atoms with E-state index in [1.54, 1.807) is 34.6 Å². The molecule has 1 saturated heterocycles. The number of fused-ring (bicyclic) bond motifs is 7. The van der Waals surface area contributed by atoms with Gasteiger partial charge in [-0.2, -0.15) is 0 Å². The minimum absolute atomic E-state index is 0.150. The smallest absolute Gasteiger partial charge is 0.193 e. The molecule has 8 atom stereocenters. The third-order valence-electron chi connectivity index (χ3n) is 9.55. The number of ether oxygens (including phenoxy) is 2. The second-order valence-corrected chi connectivity index (χ2v) is 11.8. The maximum atomic E-state index is 17.5. The molecule has 0 spiro atoms. The van der Waals surface area contributed by atoms with Gasteiger partial charge >= 0.3 is 0 Å². The number of rotatable bonds is 3. The van der Waals surface area contributed by atoms with Gasteiger partial charge in [0, 0.05) is 11.3 Å². The quantitative estimate of drug-likeness (QED) is 0.625. The predicted octanol–water partition coefficient (Wildman–Crippen LogP) is 3.66. The number of aliphatic hydroxyl groups excluding tert-OH is 2. The van der Waals surface area contributed by atoms with E-state index < -0.39 is 76.6 Å². The minimum atomic E-state index is -2.19. The van der Waals surface area contributed by atoms with Gasteiger partial charge in [0.05, 0.1) is 17.6 Å². The Labute approximate surface area is 204 Å². The molecule has 4 fully saturated rings. The van der Waals surface area contributed by atoms with Crippen molar-refractivity contribution in [2.24, 2.45) is 22.7 Å². The van der Waals surface area contributed by atoms with Gasteiger partial charge in [-0.05, 0) is 83.9 Å². The molecule has 1 aliphatic heterocycles. The van der Waals surface area contributed by atoms with Gasteiger partial charge in [0.25, 0.3) is 0 Å². The van der Waals surface area contributed by atoms with Gasteiger partial charge < -0.3 is 19.7 Å². The summed E-state index contributed by atoms with van der Waals surface area (Å²) in [6, 6.07) is 0. The molecule has 1 heterocycles. The van der Waals surface area contributed by atoms with E-state index in [0.717, 1.165) is 0 Å². The molecule has 0 aromatic rings. The van der Waals surface area contributed by atoms with E-state index in [9.17, 15) is 19.8 Å². The maximum Gasteiger partial charge on any atom is 0.193 e. The first-order chi connectivity index (χ1) is 16.2. The summed E-state index contributed by atoms with van der Waals surface area (Å²) in [5, 5.41) is 21.6. The molecular weight excluding hydrogens is 458 g/mol. The van der Waals surface area contributed by atoms with Crippen LogP contribution < -0.4 is 0 Å². The Bertz CT molecular complexity index is 1090. The highest BCUT2D eigenvalue weighted by Crippen LogP contribution is 2.74. The average Bonchev–Trinajstić information content (AvgIpc) is 3.20. The second kappa shape index (κ2) is 7.40. The number of allylic oxidation sites excluding steroid dienone is 5. The Hall–Kier alpha value is -1.74. The normalized spacial score (nSPS) is 47.3. The summed E-state index contributed by atoms with van der Waals surface area (Å²) in [7, 11) is 0. The molecule has 192 valence electrons. The molecule has 5 rings (SSSR count). The monoisotopic (exact) mass is 492 g/mol. The van der Waals surface area contributed by atoms with Crippen LogP contribution in [0.4, 0.5) is 8.78 Å². The molecule has 35 heavy (non-hydrogen) atoms. The molecule has 8 heteroatoms. The van der Waals surface area contributed by atoms with E-state index >= 15 is 8.78 Å². The minimum Gasteiger partial charge on any atom is -0.390 e. The fraction of sp³-hybridized carbons (Fsp3) is 0.704. The van der Waals surface area contributed by atoms with Crippen LogP contribution in [0, 0.1) is 22.7 Å². The van der Waals surface area contributed by atoms with Gasteiger partial charge in [0.2, 0.25) is 0 Å². The number of carbonyl (C=O) groups excluding carboxylic acids is 2. The van der Waals surface area contributed by atoms with Crippen LogP contribution in [0.3, 0.4) is 0 Å². The largest absolute Gasteiger partial charge is 0.390 e. The predicted molar refractivity (Wildman–Crippen MR) is 122 cm³/mol. The van der Waals surface area contributed by atoms with Crippen LogP contribution in [0.25, 0.3) is 0 Å². The van der Waals surface area contributed by atoms with Gasteiger partial charge in [-0.3, -0.25) is 9.59 Å². The zero-order valence-corrected chi connectivity index (χ0v) is 20.9. The standard InChI is InChI=1S/C27H34F2O6/c1-14(2)22(28)25-12-19(32)26(29)17(7-6-15-10-16(31)8-9-24(15,26)5)18(25)11-21-27(25,20(33)13-30)35-23(3,4)34-21/h8-10,17-19,21,30,32H,6-7,11-13H2,1-5H3/t17-,18-,19-,21+,24-,25-,26?,27+/m0/s1. The van der Waals surface area contributed by atoms with Gasteiger partial charge in [0.1, 0.15) is 12.4 Å². The van der Waals surface area contributed by atoms with Gasteiger partial charge in [-0.25, -0.2) is 8.78 Å². The zero-order chi connectivity index (χ0) is 25.8. The highest BCUT2D eigenvalue weighted by molar-refractivity contribution is 6.01. The lowest BCUT2D eigenvalue weighted by atomic mass is 9.44. The van der Waals surface area contributed by atoms with Crippen molar-refractivity contribution >= 4 is 11.6 Å². The first kappa shape index (κ1) is 24.9. The Balaban J connectivity index is 1.75. The van der Waals surface area contributed by atoms with Crippen LogP contribution in [0.2, 0.25) is 0 Å². The summed E-state index contributed by atoms with van der Waals surface area (Å²) in [6.45, 7) is 7.20. The van der Waals surface area contributed by atoms with Crippen LogP contribution in [0.5, 0.6) is 0 Å². The summed E-state index contributed by atoms with van der Waals surface area (Å²) < 4.78 is 46.4. The summed E-state index contributed by atoms with van der Waals surface area (Å²) in [5.41, 5.74) is -6.11. The highest BCUT2D eigenvalue weighted by Gasteiger charge is 2.82.